The third kappa shape index (κ3) is 3.30. The molecule has 0 bridgehead atoms. The molecule has 0 radical (unpaired) electrons. The van der Waals surface area contributed by atoms with E-state index in [1.54, 1.807) is 17.0 Å². The third-order valence-electron chi connectivity index (χ3n) is 5.34. The Morgan fingerprint density at radius 3 is 2.46 bits per heavy atom. The van der Waals surface area contributed by atoms with Crippen molar-refractivity contribution < 1.29 is 9.18 Å². The first kappa shape index (κ1) is 17.0. The van der Waals surface area contributed by atoms with E-state index in [1.807, 2.05) is 13.1 Å². The second-order valence-electron chi connectivity index (χ2n) is 7.45. The molecular weight excluding hydrogens is 329 g/mol. The number of benzene rings is 1. The maximum Gasteiger partial charge on any atom is 0.256 e. The summed E-state index contributed by atoms with van der Waals surface area (Å²) in [6.45, 7) is 6.52. The van der Waals surface area contributed by atoms with Crippen molar-refractivity contribution in [3.63, 3.8) is 0 Å². The van der Waals surface area contributed by atoms with E-state index in [9.17, 15) is 9.18 Å². The van der Waals surface area contributed by atoms with E-state index in [0.717, 1.165) is 24.5 Å². The normalized spacial score (nSPS) is 17.5. The summed E-state index contributed by atoms with van der Waals surface area (Å²) in [5.41, 5.74) is 3.51. The highest BCUT2D eigenvalue weighted by Gasteiger charge is 2.27. The number of aromatic nitrogens is 1. The van der Waals surface area contributed by atoms with Gasteiger partial charge >= 0.3 is 0 Å². The number of hydrogen-bond acceptors (Lipinski definition) is 3. The van der Waals surface area contributed by atoms with Crippen molar-refractivity contribution in [2.75, 3.05) is 31.1 Å². The van der Waals surface area contributed by atoms with Crippen LogP contribution in [0.1, 0.15) is 45.8 Å². The lowest BCUT2D eigenvalue weighted by atomic mass is 10.1. The van der Waals surface area contributed by atoms with E-state index in [0.29, 0.717) is 19.0 Å². The standard InChI is InChI=1S/C21H24FN3O/c1-14-3-6-18(19(22)11-14)21(26)25-9-7-24(8-10-25)20-15(2)12-17(13-23-20)16-4-5-16/h3,6,11-13,16H,4-5,7-10H2,1-2H3. The molecule has 0 N–H and O–H groups in total. The van der Waals surface area contributed by atoms with Crippen molar-refractivity contribution in [1.82, 2.24) is 9.88 Å². The van der Waals surface area contributed by atoms with Gasteiger partial charge in [-0.05, 0) is 61.4 Å². The van der Waals surface area contributed by atoms with Gasteiger partial charge in [0.1, 0.15) is 11.6 Å². The van der Waals surface area contributed by atoms with Gasteiger partial charge in [-0.15, -0.1) is 0 Å². The van der Waals surface area contributed by atoms with Gasteiger partial charge in [-0.1, -0.05) is 12.1 Å². The minimum Gasteiger partial charge on any atom is -0.353 e. The van der Waals surface area contributed by atoms with Crippen LogP contribution in [0.3, 0.4) is 0 Å². The number of carbonyl (C=O) groups is 1. The van der Waals surface area contributed by atoms with E-state index in [4.69, 9.17) is 0 Å². The smallest absolute Gasteiger partial charge is 0.256 e. The average Bonchev–Trinajstić information content (AvgIpc) is 3.46. The minimum absolute atomic E-state index is 0.159. The first-order chi connectivity index (χ1) is 12.5. The predicted octanol–water partition coefficient (Wildman–Crippen LogP) is 3.68. The minimum atomic E-state index is -0.439. The van der Waals surface area contributed by atoms with Crippen molar-refractivity contribution in [1.29, 1.82) is 0 Å². The van der Waals surface area contributed by atoms with Crippen LogP contribution in [0.4, 0.5) is 10.2 Å². The van der Waals surface area contributed by atoms with Gasteiger partial charge in [-0.3, -0.25) is 4.79 Å². The topological polar surface area (TPSA) is 36.4 Å². The molecule has 2 aliphatic rings. The molecule has 5 heteroatoms. The zero-order chi connectivity index (χ0) is 18.3. The summed E-state index contributed by atoms with van der Waals surface area (Å²) < 4.78 is 14.1. The molecule has 2 aromatic rings. The van der Waals surface area contributed by atoms with E-state index < -0.39 is 5.82 Å². The largest absolute Gasteiger partial charge is 0.353 e. The van der Waals surface area contributed by atoms with Crippen molar-refractivity contribution in [2.45, 2.75) is 32.6 Å². The number of anilines is 1. The second kappa shape index (κ2) is 6.71. The van der Waals surface area contributed by atoms with Gasteiger partial charge in [0, 0.05) is 32.4 Å². The van der Waals surface area contributed by atoms with E-state index >= 15 is 0 Å². The lowest BCUT2D eigenvalue weighted by Gasteiger charge is -2.36. The SMILES string of the molecule is Cc1ccc(C(=O)N2CCN(c3ncc(C4CC4)cc3C)CC2)c(F)c1. The molecule has 0 unspecified atom stereocenters. The van der Waals surface area contributed by atoms with Crippen LogP contribution in [-0.4, -0.2) is 42.0 Å². The molecule has 1 aromatic carbocycles. The maximum absolute atomic E-state index is 14.1. The summed E-state index contributed by atoms with van der Waals surface area (Å²) in [4.78, 5) is 21.3. The molecule has 1 saturated heterocycles. The van der Waals surface area contributed by atoms with Crippen molar-refractivity contribution in [2.24, 2.45) is 0 Å². The lowest BCUT2D eigenvalue weighted by molar-refractivity contribution is 0.0742. The Labute approximate surface area is 153 Å². The molecule has 26 heavy (non-hydrogen) atoms. The van der Waals surface area contributed by atoms with Crippen LogP contribution in [0.25, 0.3) is 0 Å². The third-order valence-corrected chi connectivity index (χ3v) is 5.34. The highest BCUT2D eigenvalue weighted by atomic mass is 19.1. The number of nitrogens with zero attached hydrogens (tertiary/aromatic N) is 3. The Morgan fingerprint density at radius 2 is 1.85 bits per heavy atom. The Balaban J connectivity index is 1.43. The molecule has 1 amide bonds. The summed E-state index contributed by atoms with van der Waals surface area (Å²) in [6.07, 6.45) is 4.55. The maximum atomic E-state index is 14.1. The molecule has 0 atom stereocenters. The highest BCUT2D eigenvalue weighted by molar-refractivity contribution is 5.94. The number of carbonyl (C=O) groups excluding carboxylic acids is 1. The first-order valence-electron chi connectivity index (χ1n) is 9.30. The Bertz CT molecular complexity index is 839. The zero-order valence-corrected chi connectivity index (χ0v) is 15.3. The van der Waals surface area contributed by atoms with E-state index in [-0.39, 0.29) is 11.5 Å². The molecule has 1 aliphatic carbocycles. The summed E-state index contributed by atoms with van der Waals surface area (Å²) >= 11 is 0. The van der Waals surface area contributed by atoms with Crippen molar-refractivity contribution in [3.05, 3.63) is 58.5 Å². The predicted molar refractivity (Wildman–Crippen MR) is 100 cm³/mol. The van der Waals surface area contributed by atoms with Crippen LogP contribution in [0.2, 0.25) is 0 Å². The molecule has 0 spiro atoms. The van der Waals surface area contributed by atoms with Gasteiger partial charge in [0.15, 0.2) is 0 Å². The average molecular weight is 353 g/mol. The summed E-state index contributed by atoms with van der Waals surface area (Å²) in [5.74, 6) is 1.04. The van der Waals surface area contributed by atoms with Gasteiger partial charge in [0.25, 0.3) is 5.91 Å². The molecule has 4 rings (SSSR count). The molecular formula is C21H24FN3O. The molecule has 1 saturated carbocycles. The van der Waals surface area contributed by atoms with E-state index in [2.05, 4.69) is 22.9 Å². The molecule has 2 heterocycles. The Kier molecular flexibility index (Phi) is 4.39. The van der Waals surface area contributed by atoms with Gasteiger partial charge in [-0.2, -0.15) is 0 Å². The molecule has 4 nitrogen and oxygen atoms in total. The van der Waals surface area contributed by atoms with Crippen LogP contribution in [0.15, 0.2) is 30.5 Å². The lowest BCUT2D eigenvalue weighted by Crippen LogP contribution is -2.49. The van der Waals surface area contributed by atoms with Gasteiger partial charge in [0.2, 0.25) is 0 Å². The number of piperazine rings is 1. The number of aryl methyl sites for hydroxylation is 2. The van der Waals surface area contributed by atoms with Crippen LogP contribution < -0.4 is 4.90 Å². The highest BCUT2D eigenvalue weighted by Crippen LogP contribution is 2.40. The van der Waals surface area contributed by atoms with Gasteiger partial charge in [-0.25, -0.2) is 9.37 Å². The molecule has 2 fully saturated rings. The van der Waals surface area contributed by atoms with E-state index in [1.165, 1.54) is 30.0 Å². The number of halogens is 1. The van der Waals surface area contributed by atoms with Crippen molar-refractivity contribution >= 4 is 11.7 Å². The molecule has 1 aromatic heterocycles. The summed E-state index contributed by atoms with van der Waals surface area (Å²) in [6, 6.07) is 7.03. The molecule has 136 valence electrons. The monoisotopic (exact) mass is 353 g/mol. The summed E-state index contributed by atoms with van der Waals surface area (Å²) in [5, 5.41) is 0. The Hall–Kier alpha value is -2.43. The van der Waals surface area contributed by atoms with Crippen molar-refractivity contribution in [3.8, 4) is 0 Å². The summed E-state index contributed by atoms with van der Waals surface area (Å²) in [7, 11) is 0. The fourth-order valence-electron chi connectivity index (χ4n) is 3.65. The Morgan fingerprint density at radius 1 is 1.12 bits per heavy atom. The van der Waals surface area contributed by atoms with Crippen LogP contribution in [0, 0.1) is 19.7 Å². The van der Waals surface area contributed by atoms with Crippen LogP contribution >= 0.6 is 0 Å². The number of pyridine rings is 1. The van der Waals surface area contributed by atoms with Crippen LogP contribution in [0.5, 0.6) is 0 Å². The van der Waals surface area contributed by atoms with Crippen LogP contribution in [-0.2, 0) is 0 Å². The molecule has 1 aliphatic heterocycles. The van der Waals surface area contributed by atoms with Gasteiger partial charge < -0.3 is 9.80 Å². The van der Waals surface area contributed by atoms with Gasteiger partial charge in [0.05, 0.1) is 5.56 Å². The second-order valence-corrected chi connectivity index (χ2v) is 7.45. The first-order valence-corrected chi connectivity index (χ1v) is 9.30. The zero-order valence-electron chi connectivity index (χ0n) is 15.3. The fourth-order valence-corrected chi connectivity index (χ4v) is 3.65. The fraction of sp³-hybridized carbons (Fsp3) is 0.429. The number of hydrogen-bond donors (Lipinski definition) is 0. The quantitative estimate of drug-likeness (QED) is 0.845. The number of rotatable bonds is 3. The number of amides is 1.